The number of fused-ring (bicyclic) bond motifs is 4. The van der Waals surface area contributed by atoms with Gasteiger partial charge in [-0.15, -0.1) is 0 Å². The molecular weight excluding hydrogens is 288 g/mol. The fourth-order valence-corrected chi connectivity index (χ4v) is 4.05. The van der Waals surface area contributed by atoms with Gasteiger partial charge in [-0.1, -0.05) is 24.3 Å². The zero-order valence-electron chi connectivity index (χ0n) is 14.2. The SMILES string of the molecule is Cc1ccc(C)c2cc3cc4cc5c(cc4cc3cc12)=CCCC=5. The molecule has 5 rings (SSSR count). The molecule has 0 aromatic heterocycles. The summed E-state index contributed by atoms with van der Waals surface area (Å²) in [6, 6.07) is 18.6. The average molecular weight is 308 g/mol. The van der Waals surface area contributed by atoms with Gasteiger partial charge < -0.3 is 0 Å². The van der Waals surface area contributed by atoms with Crippen molar-refractivity contribution < 1.29 is 0 Å². The molecule has 0 bridgehead atoms. The molecule has 116 valence electrons. The fourth-order valence-electron chi connectivity index (χ4n) is 4.05. The zero-order chi connectivity index (χ0) is 16.3. The fraction of sp³-hybridized carbons (Fsp3) is 0.167. The van der Waals surface area contributed by atoms with Gasteiger partial charge in [0.15, 0.2) is 0 Å². The lowest BCUT2D eigenvalue weighted by molar-refractivity contribution is 1.12. The summed E-state index contributed by atoms with van der Waals surface area (Å²) in [5.74, 6) is 0. The number of aryl methyl sites for hydroxylation is 2. The van der Waals surface area contributed by atoms with E-state index in [1.807, 2.05) is 0 Å². The summed E-state index contributed by atoms with van der Waals surface area (Å²) in [7, 11) is 0. The third-order valence-corrected chi connectivity index (χ3v) is 5.46. The van der Waals surface area contributed by atoms with Crippen molar-refractivity contribution in [3.8, 4) is 0 Å². The molecule has 0 aliphatic heterocycles. The summed E-state index contributed by atoms with van der Waals surface area (Å²) in [5, 5.41) is 10.9. The molecule has 24 heavy (non-hydrogen) atoms. The first-order chi connectivity index (χ1) is 11.7. The van der Waals surface area contributed by atoms with E-state index in [9.17, 15) is 0 Å². The van der Waals surface area contributed by atoms with Gasteiger partial charge in [-0.2, -0.15) is 0 Å². The molecule has 4 aromatic carbocycles. The van der Waals surface area contributed by atoms with Crippen LogP contribution in [0.25, 0.3) is 44.5 Å². The van der Waals surface area contributed by atoms with Gasteiger partial charge in [-0.3, -0.25) is 0 Å². The van der Waals surface area contributed by atoms with Crippen molar-refractivity contribution in [1.29, 1.82) is 0 Å². The molecule has 0 saturated carbocycles. The van der Waals surface area contributed by atoms with E-state index in [1.54, 1.807) is 0 Å². The quantitative estimate of drug-likeness (QED) is 0.396. The van der Waals surface area contributed by atoms with E-state index in [-0.39, 0.29) is 0 Å². The van der Waals surface area contributed by atoms with Crippen LogP contribution in [-0.4, -0.2) is 0 Å². The van der Waals surface area contributed by atoms with Crippen LogP contribution in [0.15, 0.2) is 48.5 Å². The molecule has 0 heteroatoms. The molecule has 0 unspecified atom stereocenters. The molecule has 0 radical (unpaired) electrons. The number of hydrogen-bond acceptors (Lipinski definition) is 0. The Hall–Kier alpha value is -2.60. The maximum Gasteiger partial charge on any atom is -0.0146 e. The summed E-state index contributed by atoms with van der Waals surface area (Å²) in [6.45, 7) is 4.41. The van der Waals surface area contributed by atoms with Crippen LogP contribution in [0.5, 0.6) is 0 Å². The molecular formula is C24H20. The van der Waals surface area contributed by atoms with Gasteiger partial charge in [0.05, 0.1) is 0 Å². The van der Waals surface area contributed by atoms with Gasteiger partial charge in [0.2, 0.25) is 0 Å². The number of hydrogen-bond donors (Lipinski definition) is 0. The Bertz CT molecular complexity index is 1160. The summed E-state index contributed by atoms with van der Waals surface area (Å²) < 4.78 is 0. The van der Waals surface area contributed by atoms with E-state index >= 15 is 0 Å². The number of rotatable bonds is 0. The highest BCUT2D eigenvalue weighted by Crippen LogP contribution is 2.30. The summed E-state index contributed by atoms with van der Waals surface area (Å²) in [5.41, 5.74) is 2.71. The van der Waals surface area contributed by atoms with E-state index in [0.717, 1.165) is 12.8 Å². The highest BCUT2D eigenvalue weighted by molar-refractivity contribution is 6.06. The Morgan fingerprint density at radius 1 is 0.542 bits per heavy atom. The first-order valence-electron chi connectivity index (χ1n) is 8.77. The topological polar surface area (TPSA) is 0 Å². The summed E-state index contributed by atoms with van der Waals surface area (Å²) in [4.78, 5) is 0. The second-order valence-electron chi connectivity index (χ2n) is 7.11. The second-order valence-corrected chi connectivity index (χ2v) is 7.11. The summed E-state index contributed by atoms with van der Waals surface area (Å²) >= 11 is 0. The van der Waals surface area contributed by atoms with E-state index < -0.39 is 0 Å². The Morgan fingerprint density at radius 2 is 0.958 bits per heavy atom. The molecule has 0 spiro atoms. The van der Waals surface area contributed by atoms with Gasteiger partial charge in [0.25, 0.3) is 0 Å². The lowest BCUT2D eigenvalue weighted by Crippen LogP contribution is -2.26. The standard InChI is InChI=1S/C24H20/c1-15-7-8-16(2)24-14-22-12-20-10-18-6-4-3-5-17(18)9-19(20)11-21(22)13-23(15)24/h5-14H,3-4H2,1-2H3. The van der Waals surface area contributed by atoms with Crippen molar-refractivity contribution in [2.45, 2.75) is 26.7 Å². The molecule has 1 aliphatic rings. The molecule has 0 atom stereocenters. The van der Waals surface area contributed by atoms with Gasteiger partial charge >= 0.3 is 0 Å². The first-order valence-corrected chi connectivity index (χ1v) is 8.77. The van der Waals surface area contributed by atoms with Crippen molar-refractivity contribution in [2.24, 2.45) is 0 Å². The second kappa shape index (κ2) is 4.95. The minimum absolute atomic E-state index is 1.16. The van der Waals surface area contributed by atoms with Crippen LogP contribution < -0.4 is 10.4 Å². The van der Waals surface area contributed by atoms with Crippen molar-refractivity contribution in [2.75, 3.05) is 0 Å². The lowest BCUT2D eigenvalue weighted by atomic mass is 9.94. The monoisotopic (exact) mass is 308 g/mol. The first kappa shape index (κ1) is 13.8. The van der Waals surface area contributed by atoms with Crippen LogP contribution in [0.1, 0.15) is 24.0 Å². The van der Waals surface area contributed by atoms with E-state index in [0.29, 0.717) is 0 Å². The molecule has 0 amide bonds. The predicted octanol–water partition coefficient (Wildman–Crippen LogP) is 5.12. The van der Waals surface area contributed by atoms with Crippen LogP contribution in [0.4, 0.5) is 0 Å². The van der Waals surface area contributed by atoms with Crippen molar-refractivity contribution in [1.82, 2.24) is 0 Å². The molecule has 0 nitrogen and oxygen atoms in total. The largest absolute Gasteiger partial charge is 0.0763 e. The van der Waals surface area contributed by atoms with Gasteiger partial charge in [0.1, 0.15) is 0 Å². The third kappa shape index (κ3) is 1.99. The third-order valence-electron chi connectivity index (χ3n) is 5.46. The van der Waals surface area contributed by atoms with Crippen LogP contribution in [0, 0.1) is 13.8 Å². The minimum Gasteiger partial charge on any atom is -0.0763 e. The van der Waals surface area contributed by atoms with E-state index in [4.69, 9.17) is 0 Å². The highest BCUT2D eigenvalue weighted by Gasteiger charge is 2.06. The molecule has 0 heterocycles. The Kier molecular flexibility index (Phi) is 2.84. The molecule has 0 N–H and O–H groups in total. The van der Waals surface area contributed by atoms with E-state index in [1.165, 1.54) is 53.9 Å². The normalized spacial score (nSPS) is 13.8. The van der Waals surface area contributed by atoms with Crippen LogP contribution in [-0.2, 0) is 0 Å². The van der Waals surface area contributed by atoms with Crippen molar-refractivity contribution in [3.05, 3.63) is 70.1 Å². The van der Waals surface area contributed by atoms with Gasteiger partial charge in [0, 0.05) is 0 Å². The maximum atomic E-state index is 2.37. The van der Waals surface area contributed by atoms with Crippen LogP contribution in [0.3, 0.4) is 0 Å². The Morgan fingerprint density at radius 3 is 1.42 bits per heavy atom. The molecule has 4 aromatic rings. The average Bonchev–Trinajstić information content (AvgIpc) is 2.60. The molecule has 0 saturated heterocycles. The van der Waals surface area contributed by atoms with Crippen molar-refractivity contribution >= 4 is 44.5 Å². The molecule has 0 fully saturated rings. The Balaban J connectivity index is 1.93. The highest BCUT2D eigenvalue weighted by atomic mass is 14.1. The minimum atomic E-state index is 1.16. The number of benzene rings is 4. The van der Waals surface area contributed by atoms with Crippen LogP contribution in [0.2, 0.25) is 0 Å². The zero-order valence-corrected chi connectivity index (χ0v) is 14.2. The Labute approximate surface area is 141 Å². The van der Waals surface area contributed by atoms with Crippen LogP contribution >= 0.6 is 0 Å². The predicted molar refractivity (Wildman–Crippen MR) is 106 cm³/mol. The maximum absolute atomic E-state index is 2.37. The molecule has 1 aliphatic carbocycles. The lowest BCUT2D eigenvalue weighted by Gasteiger charge is -2.10. The van der Waals surface area contributed by atoms with Gasteiger partial charge in [-0.25, -0.2) is 0 Å². The van der Waals surface area contributed by atoms with Crippen molar-refractivity contribution in [3.63, 3.8) is 0 Å². The smallest absolute Gasteiger partial charge is 0.0146 e. The summed E-state index contributed by atoms with van der Waals surface area (Å²) in [6.07, 6.45) is 7.06. The van der Waals surface area contributed by atoms with Gasteiger partial charge in [-0.05, 0) is 117 Å². The van der Waals surface area contributed by atoms with E-state index in [2.05, 4.69) is 74.5 Å².